The number of carbonyl (C=O) groups excluding carboxylic acids is 1. The minimum atomic E-state index is -0.0526. The molecule has 0 unspecified atom stereocenters. The van der Waals surface area contributed by atoms with E-state index in [0.717, 1.165) is 66.3 Å². The smallest absolute Gasteiger partial charge is 0.251 e. The Labute approximate surface area is 197 Å². The van der Waals surface area contributed by atoms with Crippen LogP contribution >= 0.6 is 0 Å². The van der Waals surface area contributed by atoms with Crippen molar-refractivity contribution in [3.05, 3.63) is 64.2 Å². The summed E-state index contributed by atoms with van der Waals surface area (Å²) in [6.45, 7) is 11.1. The van der Waals surface area contributed by atoms with Crippen LogP contribution in [0.3, 0.4) is 0 Å². The Morgan fingerprint density at radius 2 is 1.76 bits per heavy atom. The number of hydrogen-bond acceptors (Lipinski definition) is 4. The van der Waals surface area contributed by atoms with Gasteiger partial charge in [0.1, 0.15) is 0 Å². The molecule has 5 heteroatoms. The van der Waals surface area contributed by atoms with Gasteiger partial charge in [0.15, 0.2) is 0 Å². The van der Waals surface area contributed by atoms with Crippen LogP contribution in [-0.4, -0.2) is 51.0 Å². The van der Waals surface area contributed by atoms with Crippen LogP contribution in [-0.2, 0) is 4.74 Å². The third-order valence-corrected chi connectivity index (χ3v) is 7.12. The second-order valence-corrected chi connectivity index (χ2v) is 9.34. The van der Waals surface area contributed by atoms with Crippen LogP contribution in [0.25, 0.3) is 11.1 Å². The number of anilines is 1. The highest BCUT2D eigenvalue weighted by molar-refractivity contribution is 6.07. The lowest BCUT2D eigenvalue weighted by Gasteiger charge is -2.34. The fraction of sp³-hybridized carbons (Fsp3) is 0.429. The van der Waals surface area contributed by atoms with Crippen LogP contribution in [0.1, 0.15) is 48.2 Å². The first-order chi connectivity index (χ1) is 15.8. The number of ether oxygens (including phenoxy) is 1. The van der Waals surface area contributed by atoms with E-state index in [1.54, 1.807) is 0 Å². The van der Waals surface area contributed by atoms with Crippen molar-refractivity contribution in [1.82, 2.24) is 5.32 Å². The van der Waals surface area contributed by atoms with Crippen molar-refractivity contribution < 1.29 is 9.53 Å². The normalized spacial score (nSPS) is 16.7. The topological polar surface area (TPSA) is 53.9 Å². The molecule has 0 atom stereocenters. The van der Waals surface area contributed by atoms with Crippen molar-refractivity contribution in [2.45, 2.75) is 46.6 Å². The summed E-state index contributed by atoms with van der Waals surface area (Å²) in [5, 5.41) is 3.12. The summed E-state index contributed by atoms with van der Waals surface area (Å²) in [4.78, 5) is 20.3. The minimum absolute atomic E-state index is 0.0526. The van der Waals surface area contributed by atoms with E-state index >= 15 is 0 Å². The maximum Gasteiger partial charge on any atom is 0.251 e. The average molecular weight is 446 g/mol. The first-order valence-electron chi connectivity index (χ1n) is 11.9. The Hall–Kier alpha value is -2.92. The lowest BCUT2D eigenvalue weighted by molar-refractivity contribution is 0.0854. The van der Waals surface area contributed by atoms with Crippen molar-refractivity contribution in [3.63, 3.8) is 0 Å². The molecule has 0 spiro atoms. The summed E-state index contributed by atoms with van der Waals surface area (Å²) >= 11 is 0. The Balaban J connectivity index is 1.67. The zero-order valence-corrected chi connectivity index (χ0v) is 20.5. The number of aliphatic imine (C=N–C) groups is 1. The van der Waals surface area contributed by atoms with E-state index in [1.807, 2.05) is 6.07 Å². The monoisotopic (exact) mass is 445 g/mol. The Kier molecular flexibility index (Phi) is 6.99. The molecule has 2 aliphatic heterocycles. The van der Waals surface area contributed by atoms with Gasteiger partial charge in [-0.2, -0.15) is 0 Å². The molecule has 2 aliphatic rings. The summed E-state index contributed by atoms with van der Waals surface area (Å²) in [6.07, 6.45) is 1.99. The molecule has 174 valence electrons. The van der Waals surface area contributed by atoms with Crippen molar-refractivity contribution in [3.8, 4) is 11.1 Å². The predicted octanol–water partition coefficient (Wildman–Crippen LogP) is 5.11. The van der Waals surface area contributed by atoms with Gasteiger partial charge in [0.25, 0.3) is 5.91 Å². The lowest BCUT2D eigenvalue weighted by atomic mass is 9.95. The number of amides is 1. The Morgan fingerprint density at radius 1 is 1.06 bits per heavy atom. The number of benzene rings is 2. The van der Waals surface area contributed by atoms with Gasteiger partial charge in [-0.3, -0.25) is 9.79 Å². The van der Waals surface area contributed by atoms with Crippen LogP contribution in [0.5, 0.6) is 0 Å². The van der Waals surface area contributed by atoms with E-state index < -0.39 is 0 Å². The first kappa shape index (κ1) is 23.2. The molecule has 0 radical (unpaired) electrons. The summed E-state index contributed by atoms with van der Waals surface area (Å²) < 4.78 is 5.57. The van der Waals surface area contributed by atoms with Crippen LogP contribution in [0.15, 0.2) is 52.5 Å². The summed E-state index contributed by atoms with van der Waals surface area (Å²) in [5.41, 5.74) is 9.68. The first-order valence-corrected chi connectivity index (χ1v) is 11.9. The van der Waals surface area contributed by atoms with E-state index in [9.17, 15) is 4.79 Å². The summed E-state index contributed by atoms with van der Waals surface area (Å²) in [7, 11) is 2.14. The van der Waals surface area contributed by atoms with Gasteiger partial charge in [0.2, 0.25) is 0 Å². The predicted molar refractivity (Wildman–Crippen MR) is 137 cm³/mol. The minimum Gasteiger partial charge on any atom is -0.381 e. The number of carbonyl (C=O) groups is 1. The van der Waals surface area contributed by atoms with Crippen LogP contribution in [0.4, 0.5) is 5.69 Å². The lowest BCUT2D eigenvalue weighted by Crippen LogP contribution is -2.37. The highest BCUT2D eigenvalue weighted by atomic mass is 16.5. The Morgan fingerprint density at radius 3 is 2.39 bits per heavy atom. The molecular formula is C28H35N3O2. The molecule has 1 fully saturated rings. The molecule has 1 amide bonds. The van der Waals surface area contributed by atoms with Gasteiger partial charge < -0.3 is 15.0 Å². The highest BCUT2D eigenvalue weighted by Gasteiger charge is 2.23. The maximum absolute atomic E-state index is 13.4. The molecule has 4 rings (SSSR count). The molecule has 0 aliphatic carbocycles. The molecule has 0 bridgehead atoms. The second kappa shape index (κ2) is 9.92. The quantitative estimate of drug-likeness (QED) is 0.673. The van der Waals surface area contributed by atoms with Crippen molar-refractivity contribution in [1.29, 1.82) is 0 Å². The van der Waals surface area contributed by atoms with Gasteiger partial charge in [-0.15, -0.1) is 0 Å². The van der Waals surface area contributed by atoms with Crippen molar-refractivity contribution >= 4 is 17.3 Å². The van der Waals surface area contributed by atoms with Gasteiger partial charge >= 0.3 is 0 Å². The van der Waals surface area contributed by atoms with E-state index in [0.29, 0.717) is 12.6 Å². The molecule has 1 N–H and O–H groups in total. The third-order valence-electron chi connectivity index (χ3n) is 7.12. The summed E-state index contributed by atoms with van der Waals surface area (Å²) in [5.74, 6) is -0.0526. The van der Waals surface area contributed by atoms with Crippen LogP contribution in [0.2, 0.25) is 0 Å². The van der Waals surface area contributed by atoms with E-state index in [4.69, 9.17) is 4.74 Å². The standard InChI is InChI=1S/C28H35N3O2/c1-18-6-8-22(9-7-18)23-14-25(28(32)30-17-26-20(3)19(2)16-29-26)21(4)27(15-23)31(5)24-10-12-33-13-11-24/h6-9,14-15,24H,10-13,16-17H2,1-5H3,(H,30,32). The summed E-state index contributed by atoms with van der Waals surface area (Å²) in [6, 6.07) is 13.2. The molecule has 5 nitrogen and oxygen atoms in total. The highest BCUT2D eigenvalue weighted by Crippen LogP contribution is 2.33. The number of rotatable bonds is 6. The number of hydrogen-bond donors (Lipinski definition) is 1. The molecule has 2 heterocycles. The fourth-order valence-corrected chi connectivity index (χ4v) is 4.63. The van der Waals surface area contributed by atoms with Crippen molar-refractivity contribution in [2.24, 2.45) is 4.99 Å². The fourth-order valence-electron chi connectivity index (χ4n) is 4.63. The van der Waals surface area contributed by atoms with E-state index in [1.165, 1.54) is 16.7 Å². The Bertz CT molecular complexity index is 1090. The van der Waals surface area contributed by atoms with E-state index in [-0.39, 0.29) is 5.91 Å². The zero-order chi connectivity index (χ0) is 23.5. The number of aryl methyl sites for hydroxylation is 1. The largest absolute Gasteiger partial charge is 0.381 e. The number of nitrogens with zero attached hydrogens (tertiary/aromatic N) is 2. The maximum atomic E-state index is 13.4. The molecule has 0 saturated carbocycles. The molecule has 1 saturated heterocycles. The molecular weight excluding hydrogens is 410 g/mol. The van der Waals surface area contributed by atoms with Gasteiger partial charge in [-0.1, -0.05) is 29.8 Å². The molecule has 2 aromatic rings. The van der Waals surface area contributed by atoms with Crippen LogP contribution in [0, 0.1) is 13.8 Å². The zero-order valence-electron chi connectivity index (χ0n) is 20.5. The average Bonchev–Trinajstić information content (AvgIpc) is 3.15. The van der Waals surface area contributed by atoms with E-state index in [2.05, 4.69) is 80.3 Å². The second-order valence-electron chi connectivity index (χ2n) is 9.34. The molecule has 0 aromatic heterocycles. The van der Waals surface area contributed by atoms with Gasteiger partial charge in [0.05, 0.1) is 18.8 Å². The SMILES string of the molecule is CC1=C(C)C(CNC(=O)c2cc(-c3ccc(C)cc3)cc(N(C)C3CCOCC3)c2C)=NC1. The van der Waals surface area contributed by atoms with Crippen LogP contribution < -0.4 is 10.2 Å². The van der Waals surface area contributed by atoms with Gasteiger partial charge in [-0.05, 0) is 80.5 Å². The van der Waals surface area contributed by atoms with Gasteiger partial charge in [-0.25, -0.2) is 0 Å². The molecule has 2 aromatic carbocycles. The molecule has 33 heavy (non-hydrogen) atoms. The number of nitrogens with one attached hydrogen (secondary N) is 1. The van der Waals surface area contributed by atoms with Crippen molar-refractivity contribution in [2.75, 3.05) is 38.3 Å². The van der Waals surface area contributed by atoms with Gasteiger partial charge in [0, 0.05) is 37.6 Å². The third kappa shape index (κ3) is 5.03.